The summed E-state index contributed by atoms with van der Waals surface area (Å²) in [4.78, 5) is 0. The molecule has 1 aromatic heterocycles. The molecule has 1 aliphatic rings. The van der Waals surface area contributed by atoms with Gasteiger partial charge in [-0.2, -0.15) is 0 Å². The highest BCUT2D eigenvalue weighted by Gasteiger charge is 2.14. The summed E-state index contributed by atoms with van der Waals surface area (Å²) in [6.07, 6.45) is 4.90. The molecule has 0 unspecified atom stereocenters. The Bertz CT molecular complexity index is 553. The normalized spacial score (nSPS) is 14.7. The first-order valence-electron chi connectivity index (χ1n) is 7.73. The molecule has 3 rings (SSSR count). The van der Waals surface area contributed by atoms with Gasteiger partial charge in [0.05, 0.1) is 0 Å². The largest absolute Gasteiger partial charge is 0.312 e. The van der Waals surface area contributed by atoms with Crippen LogP contribution in [-0.2, 0) is 19.5 Å². The molecule has 2 aromatic rings. The van der Waals surface area contributed by atoms with E-state index in [1.165, 1.54) is 30.7 Å². The summed E-state index contributed by atoms with van der Waals surface area (Å²) in [5, 5.41) is 13.2. The minimum atomic E-state index is 0.930. The van der Waals surface area contributed by atoms with Crippen molar-refractivity contribution in [1.82, 2.24) is 20.1 Å². The molecule has 0 aliphatic carbocycles. The maximum atomic E-state index is 4.34. The molecule has 21 heavy (non-hydrogen) atoms. The number of nitrogens with one attached hydrogen (secondary N) is 1. The Hall–Kier alpha value is -1.33. The van der Waals surface area contributed by atoms with Crippen molar-refractivity contribution in [2.45, 2.75) is 43.9 Å². The highest BCUT2D eigenvalue weighted by molar-refractivity contribution is 7.99. The first-order valence-corrected chi connectivity index (χ1v) is 8.71. The van der Waals surface area contributed by atoms with Crippen molar-refractivity contribution in [3.05, 3.63) is 41.7 Å². The zero-order valence-corrected chi connectivity index (χ0v) is 13.1. The van der Waals surface area contributed by atoms with Crippen molar-refractivity contribution in [1.29, 1.82) is 0 Å². The van der Waals surface area contributed by atoms with Crippen LogP contribution >= 0.6 is 11.8 Å². The molecule has 0 amide bonds. The van der Waals surface area contributed by atoms with Crippen molar-refractivity contribution in [3.8, 4) is 0 Å². The summed E-state index contributed by atoms with van der Waals surface area (Å²) in [5.74, 6) is 2.21. The quantitative estimate of drug-likeness (QED) is 0.658. The summed E-state index contributed by atoms with van der Waals surface area (Å²) in [6.45, 7) is 3.00. The molecule has 112 valence electrons. The van der Waals surface area contributed by atoms with Crippen molar-refractivity contribution in [2.75, 3.05) is 12.3 Å². The van der Waals surface area contributed by atoms with Crippen molar-refractivity contribution >= 4 is 11.8 Å². The number of thioether (sulfide) groups is 1. The van der Waals surface area contributed by atoms with E-state index in [1.54, 1.807) is 0 Å². The Labute approximate surface area is 130 Å². The van der Waals surface area contributed by atoms with Gasteiger partial charge in [-0.15, -0.1) is 10.2 Å². The lowest BCUT2D eigenvalue weighted by Gasteiger charge is -2.07. The number of rotatable bonds is 6. The number of fused-ring (bicyclic) bond motifs is 1. The Morgan fingerprint density at radius 2 is 2.00 bits per heavy atom. The predicted octanol–water partition coefficient (Wildman–Crippen LogP) is 2.89. The zero-order valence-electron chi connectivity index (χ0n) is 12.3. The summed E-state index contributed by atoms with van der Waals surface area (Å²) in [5.41, 5.74) is 1.33. The molecule has 4 nitrogen and oxygen atoms in total. The fourth-order valence-corrected chi connectivity index (χ4v) is 3.49. The summed E-state index contributed by atoms with van der Waals surface area (Å²) in [6, 6.07) is 10.5. The van der Waals surface area contributed by atoms with Gasteiger partial charge < -0.3 is 9.88 Å². The van der Waals surface area contributed by atoms with Gasteiger partial charge in [-0.05, 0) is 18.4 Å². The molecular formula is C16H22N4S. The summed E-state index contributed by atoms with van der Waals surface area (Å²) < 4.78 is 2.31. The van der Waals surface area contributed by atoms with E-state index in [1.807, 2.05) is 11.8 Å². The van der Waals surface area contributed by atoms with E-state index in [2.05, 4.69) is 50.4 Å². The number of hydrogen-bond acceptors (Lipinski definition) is 4. The van der Waals surface area contributed by atoms with Gasteiger partial charge in [-0.25, -0.2) is 0 Å². The number of aromatic nitrogens is 3. The third-order valence-corrected chi connectivity index (χ3v) is 4.73. The second kappa shape index (κ2) is 7.61. The van der Waals surface area contributed by atoms with Crippen molar-refractivity contribution < 1.29 is 0 Å². The van der Waals surface area contributed by atoms with Crippen molar-refractivity contribution in [2.24, 2.45) is 0 Å². The van der Waals surface area contributed by atoms with Gasteiger partial charge in [-0.3, -0.25) is 0 Å². The van der Waals surface area contributed by atoms with Crippen LogP contribution in [0.4, 0.5) is 0 Å². The topological polar surface area (TPSA) is 42.7 Å². The average molecular weight is 302 g/mol. The van der Waals surface area contributed by atoms with Crippen LogP contribution in [-0.4, -0.2) is 27.1 Å². The molecule has 0 saturated heterocycles. The summed E-state index contributed by atoms with van der Waals surface area (Å²) >= 11 is 1.81. The van der Waals surface area contributed by atoms with Crippen LogP contribution in [0.5, 0.6) is 0 Å². The molecule has 0 fully saturated rings. The number of aryl methyl sites for hydroxylation is 1. The van der Waals surface area contributed by atoms with Crippen LogP contribution in [0.2, 0.25) is 0 Å². The lowest BCUT2D eigenvalue weighted by atomic mass is 10.2. The van der Waals surface area contributed by atoms with E-state index >= 15 is 0 Å². The SMILES string of the molecule is c1ccc(CNCCSc2nnc3n2CCCCC3)cc1. The molecule has 0 spiro atoms. The van der Waals surface area contributed by atoms with Crippen LogP contribution in [0.25, 0.3) is 0 Å². The fourth-order valence-electron chi connectivity index (χ4n) is 2.61. The smallest absolute Gasteiger partial charge is 0.191 e. The van der Waals surface area contributed by atoms with Crippen LogP contribution < -0.4 is 5.32 Å². The third kappa shape index (κ3) is 4.08. The van der Waals surface area contributed by atoms with Gasteiger partial charge >= 0.3 is 0 Å². The average Bonchev–Trinajstić information content (AvgIpc) is 2.76. The van der Waals surface area contributed by atoms with E-state index in [0.717, 1.165) is 37.0 Å². The molecule has 1 aliphatic heterocycles. The van der Waals surface area contributed by atoms with E-state index in [0.29, 0.717) is 0 Å². The second-order valence-electron chi connectivity index (χ2n) is 5.37. The molecule has 0 saturated carbocycles. The standard InChI is InChI=1S/C16H22N4S/c1-3-7-14(8-4-1)13-17-10-12-21-16-19-18-15-9-5-2-6-11-20(15)16/h1,3-4,7-8,17H,2,5-6,9-13H2. The van der Waals surface area contributed by atoms with Gasteiger partial charge in [0.1, 0.15) is 5.82 Å². The molecule has 0 bridgehead atoms. The second-order valence-corrected chi connectivity index (χ2v) is 6.43. The van der Waals surface area contributed by atoms with E-state index in [4.69, 9.17) is 0 Å². The Morgan fingerprint density at radius 1 is 1.10 bits per heavy atom. The molecule has 5 heteroatoms. The number of hydrogen-bond donors (Lipinski definition) is 1. The Kier molecular flexibility index (Phi) is 5.29. The Balaban J connectivity index is 1.42. The van der Waals surface area contributed by atoms with E-state index in [9.17, 15) is 0 Å². The Morgan fingerprint density at radius 3 is 2.90 bits per heavy atom. The molecule has 1 aromatic carbocycles. The van der Waals surface area contributed by atoms with Crippen LogP contribution in [0.3, 0.4) is 0 Å². The van der Waals surface area contributed by atoms with E-state index in [-0.39, 0.29) is 0 Å². The van der Waals surface area contributed by atoms with E-state index < -0.39 is 0 Å². The molecular weight excluding hydrogens is 280 g/mol. The highest BCUT2D eigenvalue weighted by atomic mass is 32.2. The monoisotopic (exact) mass is 302 g/mol. The van der Waals surface area contributed by atoms with Crippen LogP contribution in [0, 0.1) is 0 Å². The zero-order chi connectivity index (χ0) is 14.3. The minimum absolute atomic E-state index is 0.930. The van der Waals surface area contributed by atoms with Crippen LogP contribution in [0.1, 0.15) is 30.7 Å². The maximum absolute atomic E-state index is 4.34. The molecule has 0 atom stereocenters. The fraction of sp³-hybridized carbons (Fsp3) is 0.500. The molecule has 1 N–H and O–H groups in total. The lowest BCUT2D eigenvalue weighted by Crippen LogP contribution is -2.16. The number of benzene rings is 1. The van der Waals surface area contributed by atoms with Crippen molar-refractivity contribution in [3.63, 3.8) is 0 Å². The third-order valence-electron chi connectivity index (χ3n) is 3.76. The lowest BCUT2D eigenvalue weighted by molar-refractivity contribution is 0.590. The van der Waals surface area contributed by atoms with Gasteiger partial charge in [0.15, 0.2) is 5.16 Å². The maximum Gasteiger partial charge on any atom is 0.191 e. The van der Waals surface area contributed by atoms with Crippen LogP contribution in [0.15, 0.2) is 35.5 Å². The van der Waals surface area contributed by atoms with Gasteiger partial charge in [-0.1, -0.05) is 48.5 Å². The first kappa shape index (κ1) is 14.6. The summed E-state index contributed by atoms with van der Waals surface area (Å²) in [7, 11) is 0. The highest BCUT2D eigenvalue weighted by Crippen LogP contribution is 2.21. The van der Waals surface area contributed by atoms with Gasteiger partial charge in [0, 0.05) is 31.8 Å². The minimum Gasteiger partial charge on any atom is -0.312 e. The predicted molar refractivity (Wildman–Crippen MR) is 86.4 cm³/mol. The molecule has 0 radical (unpaired) electrons. The number of nitrogens with zero attached hydrogens (tertiary/aromatic N) is 3. The van der Waals surface area contributed by atoms with Gasteiger partial charge in [0.25, 0.3) is 0 Å². The van der Waals surface area contributed by atoms with Gasteiger partial charge in [0.2, 0.25) is 0 Å². The first-order chi connectivity index (χ1) is 10.4. The molecule has 2 heterocycles.